The van der Waals surface area contributed by atoms with Gasteiger partial charge >= 0.3 is 9.05 Å². The highest BCUT2D eigenvalue weighted by Gasteiger charge is 2.07. The molecule has 0 rings (SSSR count). The molecule has 0 amide bonds. The Kier molecular flexibility index (Phi) is 5.98. The number of unbranched alkanes of at least 4 members (excludes halogenated alkanes) is 1. The Hall–Kier alpha value is 0.250. The molecule has 3 N–H and O–H groups in total. The minimum Gasteiger partial charge on any atom is -0.320 e. The highest BCUT2D eigenvalue weighted by Crippen LogP contribution is 1.88. The fourth-order valence-electron chi connectivity index (χ4n) is 0.571. The molecular weight excluding hydrogens is 186 g/mol. The smallest absolute Gasteiger partial charge is 0.320 e. The van der Waals surface area contributed by atoms with Crippen LogP contribution in [0.15, 0.2) is 0 Å². The predicted octanol–water partition coefficient (Wildman–Crippen LogP) is 0.214. The molecule has 0 fully saturated rings. The zero-order valence-corrected chi connectivity index (χ0v) is 8.08. The third-order valence-corrected chi connectivity index (χ3v) is 3.24. The van der Waals surface area contributed by atoms with Crippen molar-refractivity contribution in [3.05, 3.63) is 0 Å². The third-order valence-electron chi connectivity index (χ3n) is 1.06. The monoisotopic (exact) mass is 200 g/mol. The van der Waals surface area contributed by atoms with Gasteiger partial charge in [-0.05, 0) is 20.0 Å². The van der Waals surface area contributed by atoms with Crippen molar-refractivity contribution in [3.8, 4) is 0 Å². The van der Waals surface area contributed by atoms with Gasteiger partial charge in [-0.15, -0.1) is 0 Å². The van der Waals surface area contributed by atoms with Crippen LogP contribution in [0.3, 0.4) is 0 Å². The van der Waals surface area contributed by atoms with E-state index in [9.17, 15) is 4.21 Å². The summed E-state index contributed by atoms with van der Waals surface area (Å²) in [5.74, 6) is 0.521. The van der Waals surface area contributed by atoms with Gasteiger partial charge in [-0.25, -0.2) is 0 Å². The molecule has 0 heterocycles. The molecule has 0 spiro atoms. The van der Waals surface area contributed by atoms with Gasteiger partial charge in [0.1, 0.15) is 0 Å². The molecule has 6 heteroatoms. The second-order valence-corrected chi connectivity index (χ2v) is 5.63. The van der Waals surface area contributed by atoms with Crippen molar-refractivity contribution in [2.75, 3.05) is 19.3 Å². The van der Waals surface area contributed by atoms with Crippen molar-refractivity contribution in [2.45, 2.75) is 12.8 Å². The summed E-state index contributed by atoms with van der Waals surface area (Å²) in [6.07, 6.45) is 1.79. The van der Waals surface area contributed by atoms with E-state index in [2.05, 4.69) is 5.32 Å². The van der Waals surface area contributed by atoms with Gasteiger partial charge < -0.3 is 5.32 Å². The van der Waals surface area contributed by atoms with Crippen LogP contribution in [0.25, 0.3) is 0 Å². The molecule has 4 nitrogen and oxygen atoms in total. The molecular formula is C5H14NO3S2+. The van der Waals surface area contributed by atoms with Crippen molar-refractivity contribution >= 4 is 19.4 Å². The highest BCUT2D eigenvalue weighted by molar-refractivity contribution is 8.34. The topological polar surface area (TPSA) is 69.6 Å². The molecule has 0 aromatic rings. The summed E-state index contributed by atoms with van der Waals surface area (Å²) >= 11 is 0. The van der Waals surface area contributed by atoms with E-state index >= 15 is 0 Å². The lowest BCUT2D eigenvalue weighted by molar-refractivity contribution is 0.450. The summed E-state index contributed by atoms with van der Waals surface area (Å²) in [6, 6.07) is 0. The van der Waals surface area contributed by atoms with Crippen LogP contribution in [-0.4, -0.2) is 32.7 Å². The van der Waals surface area contributed by atoms with Crippen molar-refractivity contribution in [3.63, 3.8) is 0 Å². The van der Waals surface area contributed by atoms with Crippen LogP contribution in [0.2, 0.25) is 0 Å². The van der Waals surface area contributed by atoms with E-state index in [0.717, 1.165) is 19.4 Å². The average molecular weight is 200 g/mol. The molecule has 0 unspecified atom stereocenters. The number of hydrogen-bond acceptors (Lipinski definition) is 2. The number of rotatable bonds is 5. The van der Waals surface area contributed by atoms with E-state index < -0.39 is 9.05 Å². The Morgan fingerprint density at radius 3 is 2.55 bits per heavy atom. The van der Waals surface area contributed by atoms with Crippen LogP contribution in [0.1, 0.15) is 12.8 Å². The largest absolute Gasteiger partial charge is 0.430 e. The number of hydrogen-bond donors (Lipinski definition) is 3. The molecule has 0 saturated carbocycles. The molecule has 0 bridgehead atoms. The molecule has 0 saturated heterocycles. The van der Waals surface area contributed by atoms with Crippen molar-refractivity contribution in [2.24, 2.45) is 0 Å². The van der Waals surface area contributed by atoms with Gasteiger partial charge in [0.2, 0.25) is 0 Å². The van der Waals surface area contributed by atoms with E-state index in [1.807, 2.05) is 7.05 Å². The van der Waals surface area contributed by atoms with Crippen LogP contribution in [0.4, 0.5) is 0 Å². The lowest BCUT2D eigenvalue weighted by Gasteiger charge is -1.90. The Morgan fingerprint density at radius 1 is 1.45 bits per heavy atom. The zero-order chi connectivity index (χ0) is 8.74. The van der Waals surface area contributed by atoms with Crippen LogP contribution >= 0.6 is 0 Å². The maximum absolute atomic E-state index is 10.3. The van der Waals surface area contributed by atoms with E-state index in [1.54, 1.807) is 0 Å². The van der Waals surface area contributed by atoms with Crippen molar-refractivity contribution in [1.29, 1.82) is 0 Å². The molecule has 0 aliphatic rings. The minimum atomic E-state index is -3.57. The SMILES string of the molecule is CNCCCC[S+]=S(=O)(O)O. The van der Waals surface area contributed by atoms with Gasteiger partial charge in [-0.3, -0.25) is 9.11 Å². The normalized spacial score (nSPS) is 11.5. The molecule has 0 aliphatic heterocycles. The van der Waals surface area contributed by atoms with Crippen LogP contribution in [0, 0.1) is 0 Å². The van der Waals surface area contributed by atoms with Gasteiger partial charge in [0.15, 0.2) is 5.75 Å². The van der Waals surface area contributed by atoms with Gasteiger partial charge in [-0.2, -0.15) is 4.21 Å². The molecule has 0 aliphatic carbocycles. The second kappa shape index (κ2) is 5.84. The van der Waals surface area contributed by atoms with E-state index in [1.165, 1.54) is 0 Å². The van der Waals surface area contributed by atoms with Gasteiger partial charge in [-0.1, -0.05) is 0 Å². The van der Waals surface area contributed by atoms with E-state index in [-0.39, 0.29) is 0 Å². The van der Waals surface area contributed by atoms with Gasteiger partial charge in [0, 0.05) is 6.42 Å². The number of nitrogens with one attached hydrogen (secondary N) is 1. The highest BCUT2D eigenvalue weighted by atomic mass is 32.9. The fourth-order valence-corrected chi connectivity index (χ4v) is 2.12. The predicted molar refractivity (Wildman–Crippen MR) is 48.8 cm³/mol. The maximum Gasteiger partial charge on any atom is 0.430 e. The maximum atomic E-state index is 10.3. The van der Waals surface area contributed by atoms with E-state index in [0.29, 0.717) is 16.1 Å². The van der Waals surface area contributed by atoms with Crippen molar-refractivity contribution < 1.29 is 13.3 Å². The third kappa shape index (κ3) is 10.2. The molecule has 68 valence electrons. The van der Waals surface area contributed by atoms with Gasteiger partial charge in [0.25, 0.3) is 10.3 Å². The summed E-state index contributed by atoms with van der Waals surface area (Å²) in [5.41, 5.74) is 0. The minimum absolute atomic E-state index is 0.521. The first kappa shape index (κ1) is 11.2. The van der Waals surface area contributed by atoms with Gasteiger partial charge in [0.05, 0.1) is 0 Å². The van der Waals surface area contributed by atoms with E-state index in [4.69, 9.17) is 9.11 Å². The summed E-state index contributed by atoms with van der Waals surface area (Å²) in [6.45, 7) is 0.901. The first-order valence-corrected chi connectivity index (χ1v) is 6.32. The summed E-state index contributed by atoms with van der Waals surface area (Å²) in [7, 11) is -1.01. The van der Waals surface area contributed by atoms with Crippen LogP contribution in [-0.2, 0) is 19.4 Å². The molecule has 0 atom stereocenters. The lowest BCUT2D eigenvalue weighted by atomic mass is 10.3. The van der Waals surface area contributed by atoms with Crippen molar-refractivity contribution in [1.82, 2.24) is 5.32 Å². The lowest BCUT2D eigenvalue weighted by Crippen LogP contribution is -2.08. The summed E-state index contributed by atoms with van der Waals surface area (Å²) < 4.78 is 27.1. The Balaban J connectivity index is 3.36. The zero-order valence-electron chi connectivity index (χ0n) is 6.45. The average Bonchev–Trinajstić information content (AvgIpc) is 1.85. The van der Waals surface area contributed by atoms with Crippen LogP contribution < -0.4 is 5.32 Å². The van der Waals surface area contributed by atoms with Crippen LogP contribution in [0.5, 0.6) is 0 Å². The molecule has 0 aromatic carbocycles. The Labute approximate surface area is 70.7 Å². The molecule has 0 radical (unpaired) electrons. The quantitative estimate of drug-likeness (QED) is 0.438. The summed E-state index contributed by atoms with van der Waals surface area (Å²) in [4.78, 5) is 0. The summed E-state index contributed by atoms with van der Waals surface area (Å²) in [5, 5.41) is 2.96. The first-order valence-electron chi connectivity index (χ1n) is 3.34. The fraction of sp³-hybridized carbons (Fsp3) is 1.00. The Morgan fingerprint density at radius 2 is 2.09 bits per heavy atom. The molecule has 11 heavy (non-hydrogen) atoms. The molecule has 0 aromatic heterocycles. The first-order chi connectivity index (χ1) is 5.06. The second-order valence-electron chi connectivity index (χ2n) is 2.08. The Bertz CT molecular complexity index is 190. The standard InChI is InChI=1S/C5H13NO3S2/c1-6-4-2-3-5-10-11(7,8)9/h6H,2-5H2,1H3,(H-,7,8,9)/p+1.